The third-order valence-electron chi connectivity index (χ3n) is 6.43. The van der Waals surface area contributed by atoms with Crippen molar-refractivity contribution < 1.29 is 27.9 Å². The average molecular weight is 618 g/mol. The fourth-order valence-corrected chi connectivity index (χ4v) is 6.12. The van der Waals surface area contributed by atoms with Gasteiger partial charge in [0.15, 0.2) is 5.82 Å². The van der Waals surface area contributed by atoms with E-state index in [9.17, 15) is 9.36 Å². The smallest absolute Gasteiger partial charge is 0.459 e. The molecule has 3 N–H and O–H groups in total. The zero-order chi connectivity index (χ0) is 30.4. The first-order valence-corrected chi connectivity index (χ1v) is 15.8. The van der Waals surface area contributed by atoms with Crippen LogP contribution in [0.1, 0.15) is 52.9 Å². The van der Waals surface area contributed by atoms with Crippen LogP contribution in [0.15, 0.2) is 48.5 Å². The van der Waals surface area contributed by atoms with Crippen molar-refractivity contribution in [1.82, 2.24) is 19.6 Å². The number of hydrogen-bond donors (Lipinski definition) is 2. The minimum Gasteiger partial charge on any atom is -0.462 e. The van der Waals surface area contributed by atoms with Crippen molar-refractivity contribution in [1.29, 1.82) is 0 Å². The van der Waals surface area contributed by atoms with E-state index in [-0.39, 0.29) is 31.1 Å². The van der Waals surface area contributed by atoms with E-state index >= 15 is 0 Å². The Kier molecular flexibility index (Phi) is 10.5. The summed E-state index contributed by atoms with van der Waals surface area (Å²) in [6.07, 6.45) is 0.228. The van der Waals surface area contributed by atoms with Crippen LogP contribution in [0.3, 0.4) is 0 Å². The summed E-state index contributed by atoms with van der Waals surface area (Å²) in [7, 11) is -4.13. The number of nitrogens with one attached hydrogen (secondary N) is 1. The number of imidazole rings is 1. The normalized spacial score (nSPS) is 14.6. The summed E-state index contributed by atoms with van der Waals surface area (Å²) in [5.41, 5.74) is 8.39. The Bertz CT molecular complexity index is 1580. The number of pyridine rings is 1. The summed E-state index contributed by atoms with van der Waals surface area (Å²) in [6, 6.07) is 12.7. The Balaban J connectivity index is 1.72. The molecule has 226 valence electrons. The number of nitrogens with zero attached hydrogens (tertiary/aromatic N) is 3. The van der Waals surface area contributed by atoms with E-state index in [1.165, 1.54) is 6.92 Å². The van der Waals surface area contributed by atoms with Gasteiger partial charge in [0.1, 0.15) is 29.7 Å². The maximum atomic E-state index is 14.2. The molecule has 0 saturated heterocycles. The molecule has 4 aromatic rings. The Morgan fingerprint density at radius 3 is 2.48 bits per heavy atom. The van der Waals surface area contributed by atoms with E-state index in [2.05, 4.69) is 10.1 Å². The molecule has 0 bridgehead atoms. The molecule has 0 fully saturated rings. The molecule has 0 aliphatic heterocycles. The van der Waals surface area contributed by atoms with Crippen LogP contribution in [0.25, 0.3) is 21.9 Å². The molecule has 11 nitrogen and oxygen atoms in total. The Morgan fingerprint density at radius 2 is 1.81 bits per heavy atom. The second-order valence-corrected chi connectivity index (χ2v) is 12.1. The minimum absolute atomic E-state index is 0.0541. The van der Waals surface area contributed by atoms with E-state index in [0.717, 1.165) is 16.4 Å². The molecule has 4 rings (SSSR count). The monoisotopic (exact) mass is 617 g/mol. The maximum absolute atomic E-state index is 14.2. The van der Waals surface area contributed by atoms with Gasteiger partial charge in [0, 0.05) is 17.0 Å². The lowest BCUT2D eigenvalue weighted by molar-refractivity contribution is -0.149. The predicted molar refractivity (Wildman–Crippen MR) is 164 cm³/mol. The van der Waals surface area contributed by atoms with Crippen LogP contribution in [0.2, 0.25) is 5.02 Å². The van der Waals surface area contributed by atoms with E-state index in [1.807, 2.05) is 42.7 Å². The number of aromatic nitrogens is 3. The summed E-state index contributed by atoms with van der Waals surface area (Å²) in [6.45, 7) is 9.55. The van der Waals surface area contributed by atoms with Gasteiger partial charge in [-0.3, -0.25) is 9.32 Å². The number of ether oxygens (including phenoxy) is 2. The molecule has 2 heterocycles. The van der Waals surface area contributed by atoms with Crippen LogP contribution in [0.4, 0.5) is 5.82 Å². The van der Waals surface area contributed by atoms with Gasteiger partial charge in [0.05, 0.1) is 29.8 Å². The Labute approximate surface area is 250 Å². The number of carbonyl (C=O) groups excluding carboxylic acids is 1. The summed E-state index contributed by atoms with van der Waals surface area (Å²) in [4.78, 5) is 21.9. The predicted octanol–water partition coefficient (Wildman–Crippen LogP) is 6.44. The van der Waals surface area contributed by atoms with Crippen LogP contribution in [-0.2, 0) is 30.0 Å². The number of esters is 1. The van der Waals surface area contributed by atoms with Crippen LogP contribution >= 0.6 is 19.3 Å². The lowest BCUT2D eigenvalue weighted by Crippen LogP contribution is -2.36. The van der Waals surface area contributed by atoms with Crippen molar-refractivity contribution in [3.8, 4) is 5.75 Å². The van der Waals surface area contributed by atoms with Crippen molar-refractivity contribution in [2.45, 2.75) is 65.8 Å². The molecule has 0 amide bonds. The highest BCUT2D eigenvalue weighted by Gasteiger charge is 2.34. The highest BCUT2D eigenvalue weighted by atomic mass is 35.5. The Morgan fingerprint density at radius 1 is 1.10 bits per heavy atom. The first kappa shape index (κ1) is 31.7. The number of benzene rings is 2. The van der Waals surface area contributed by atoms with Crippen molar-refractivity contribution in [2.24, 2.45) is 0 Å². The highest BCUT2D eigenvalue weighted by molar-refractivity contribution is 7.52. The van der Waals surface area contributed by atoms with Gasteiger partial charge in [-0.25, -0.2) is 14.5 Å². The number of fused-ring (bicyclic) bond motifs is 3. The number of rotatable bonds is 14. The van der Waals surface area contributed by atoms with Crippen molar-refractivity contribution in [3.05, 3.63) is 59.4 Å². The van der Waals surface area contributed by atoms with Crippen LogP contribution in [-0.4, -0.2) is 45.9 Å². The summed E-state index contributed by atoms with van der Waals surface area (Å²) in [5, 5.41) is 4.08. The quantitative estimate of drug-likeness (QED) is 0.120. The van der Waals surface area contributed by atoms with E-state index in [0.29, 0.717) is 35.2 Å². The fraction of sp³-hybridized carbons (Fsp3) is 0.414. The van der Waals surface area contributed by atoms with E-state index in [4.69, 9.17) is 40.8 Å². The van der Waals surface area contributed by atoms with Crippen LogP contribution in [0, 0.1) is 0 Å². The number of anilines is 1. The average Bonchev–Trinajstić information content (AvgIpc) is 3.33. The largest absolute Gasteiger partial charge is 0.462 e. The third kappa shape index (κ3) is 7.40. The molecule has 1 unspecified atom stereocenters. The number of nitrogen functional groups attached to an aromatic ring is 1. The number of carbonyl (C=O) groups is 1. The van der Waals surface area contributed by atoms with Crippen molar-refractivity contribution in [3.63, 3.8) is 0 Å². The van der Waals surface area contributed by atoms with Gasteiger partial charge in [-0.15, -0.1) is 0 Å². The second kappa shape index (κ2) is 13.8. The molecular weight excluding hydrogens is 581 g/mol. The molecular formula is C29H37ClN5O6P. The molecule has 13 heteroatoms. The van der Waals surface area contributed by atoms with Gasteiger partial charge >= 0.3 is 13.7 Å². The van der Waals surface area contributed by atoms with Gasteiger partial charge in [-0.05, 0) is 64.4 Å². The molecule has 0 radical (unpaired) electrons. The minimum atomic E-state index is -4.13. The second-order valence-electron chi connectivity index (χ2n) is 9.98. The standard InChI is InChI=1S/C29H37ClN5O6P/c1-6-21(35-25(17-38-7-2)33-26-27(35)23-10-8-9-11-24(23)32-28(26)31)16-39-42(37,34-19(5)29(36)40-18(3)4)41-22-14-12-20(30)13-15-22/h8-15,18-19,21H,6-7,16-17H2,1-5H3,(H2,31,32)(H,34,37)/t19-,21-,42?/m0/s1. The number of halogens is 1. The SMILES string of the molecule is CCOCc1nc2c(N)nc3ccccc3c2n1[C@@H](CC)COP(=O)(N[C@@H](C)C(=O)OC(C)C)Oc1ccc(Cl)cc1. The highest BCUT2D eigenvalue weighted by Crippen LogP contribution is 2.46. The fourth-order valence-electron chi connectivity index (χ4n) is 4.47. The molecule has 0 saturated carbocycles. The van der Waals surface area contributed by atoms with Crippen LogP contribution < -0.4 is 15.3 Å². The van der Waals surface area contributed by atoms with E-state index < -0.39 is 19.8 Å². The molecule has 0 spiro atoms. The topological polar surface area (TPSA) is 140 Å². The molecule has 2 aromatic carbocycles. The van der Waals surface area contributed by atoms with Crippen molar-refractivity contribution >= 4 is 53.1 Å². The lowest BCUT2D eigenvalue weighted by Gasteiger charge is -2.26. The van der Waals surface area contributed by atoms with Gasteiger partial charge < -0.3 is 24.3 Å². The van der Waals surface area contributed by atoms with E-state index in [1.54, 1.807) is 38.1 Å². The van der Waals surface area contributed by atoms with Gasteiger partial charge in [-0.2, -0.15) is 5.09 Å². The van der Waals surface area contributed by atoms with Gasteiger partial charge in [-0.1, -0.05) is 36.7 Å². The molecule has 0 aliphatic carbocycles. The molecule has 3 atom stereocenters. The number of hydrogen-bond acceptors (Lipinski definition) is 9. The third-order valence-corrected chi connectivity index (χ3v) is 8.33. The first-order valence-electron chi connectivity index (χ1n) is 13.9. The van der Waals surface area contributed by atoms with Crippen molar-refractivity contribution in [2.75, 3.05) is 18.9 Å². The van der Waals surface area contributed by atoms with Gasteiger partial charge in [0.2, 0.25) is 0 Å². The molecule has 42 heavy (non-hydrogen) atoms. The Hall–Kier alpha value is -3.21. The molecule has 2 aromatic heterocycles. The summed E-state index contributed by atoms with van der Waals surface area (Å²) >= 11 is 6.02. The van der Waals surface area contributed by atoms with Crippen LogP contribution in [0.5, 0.6) is 5.75 Å². The summed E-state index contributed by atoms with van der Waals surface area (Å²) < 4.78 is 39.1. The first-order chi connectivity index (χ1) is 20.0. The zero-order valence-electron chi connectivity index (χ0n) is 24.4. The summed E-state index contributed by atoms with van der Waals surface area (Å²) in [5.74, 6) is 0.589. The van der Waals surface area contributed by atoms with Gasteiger partial charge in [0.25, 0.3) is 0 Å². The zero-order valence-corrected chi connectivity index (χ0v) is 26.0. The maximum Gasteiger partial charge on any atom is 0.459 e. The molecule has 0 aliphatic rings. The number of para-hydroxylation sites is 1. The lowest BCUT2D eigenvalue weighted by atomic mass is 10.1. The number of nitrogens with two attached hydrogens (primary N) is 1.